The third-order valence-electron chi connectivity index (χ3n) is 3.93. The van der Waals surface area contributed by atoms with Crippen molar-refractivity contribution < 1.29 is 5.11 Å². The van der Waals surface area contributed by atoms with Crippen molar-refractivity contribution >= 4 is 0 Å². The molecule has 0 saturated carbocycles. The van der Waals surface area contributed by atoms with Crippen LogP contribution in [-0.4, -0.2) is 43.2 Å². The standard InChI is InChI=1S/C16H26N2O/c1-17-13-16(19)15-7-5-14(6-8-15)9-12-18-10-3-2-4-11-18/h5-8,16-17,19H,2-4,9-13H2,1H3. The number of nitrogens with one attached hydrogen (secondary N) is 1. The predicted molar refractivity (Wildman–Crippen MR) is 79.3 cm³/mol. The second kappa shape index (κ2) is 7.63. The molecule has 0 aromatic heterocycles. The molecule has 1 aliphatic rings. The Hall–Kier alpha value is -0.900. The minimum absolute atomic E-state index is 0.402. The first-order chi connectivity index (χ1) is 9.29. The van der Waals surface area contributed by atoms with Gasteiger partial charge in [-0.15, -0.1) is 0 Å². The van der Waals surface area contributed by atoms with Crippen LogP contribution < -0.4 is 5.32 Å². The SMILES string of the molecule is CNCC(O)c1ccc(CCN2CCCCC2)cc1. The number of benzene rings is 1. The molecule has 3 heteroatoms. The second-order valence-corrected chi connectivity index (χ2v) is 5.47. The largest absolute Gasteiger partial charge is 0.387 e. The summed E-state index contributed by atoms with van der Waals surface area (Å²) >= 11 is 0. The van der Waals surface area contributed by atoms with Crippen molar-refractivity contribution in [2.24, 2.45) is 0 Å². The number of likely N-dealkylation sites (N-methyl/N-ethyl adjacent to an activating group) is 1. The second-order valence-electron chi connectivity index (χ2n) is 5.47. The van der Waals surface area contributed by atoms with E-state index in [9.17, 15) is 5.11 Å². The zero-order chi connectivity index (χ0) is 13.5. The summed E-state index contributed by atoms with van der Waals surface area (Å²) in [6.45, 7) is 4.30. The highest BCUT2D eigenvalue weighted by Gasteiger charge is 2.10. The van der Waals surface area contributed by atoms with Crippen LogP contribution in [0.2, 0.25) is 0 Å². The summed E-state index contributed by atoms with van der Waals surface area (Å²) in [5.41, 5.74) is 2.36. The Morgan fingerprint density at radius 2 is 1.84 bits per heavy atom. The fourth-order valence-electron chi connectivity index (χ4n) is 2.69. The average Bonchev–Trinajstić information content (AvgIpc) is 2.47. The molecule has 1 unspecified atom stereocenters. The van der Waals surface area contributed by atoms with E-state index in [0.29, 0.717) is 6.54 Å². The van der Waals surface area contributed by atoms with Crippen molar-refractivity contribution in [2.45, 2.75) is 31.8 Å². The summed E-state index contributed by atoms with van der Waals surface area (Å²) in [4.78, 5) is 2.56. The Morgan fingerprint density at radius 3 is 2.47 bits per heavy atom. The van der Waals surface area contributed by atoms with E-state index in [-0.39, 0.29) is 0 Å². The monoisotopic (exact) mass is 262 g/mol. The molecule has 0 radical (unpaired) electrons. The van der Waals surface area contributed by atoms with Gasteiger partial charge in [0.25, 0.3) is 0 Å². The van der Waals surface area contributed by atoms with Gasteiger partial charge in [0.15, 0.2) is 0 Å². The van der Waals surface area contributed by atoms with E-state index in [1.54, 1.807) is 0 Å². The van der Waals surface area contributed by atoms with Crippen molar-refractivity contribution in [3.05, 3.63) is 35.4 Å². The zero-order valence-electron chi connectivity index (χ0n) is 11.9. The Bertz CT molecular complexity index is 358. The molecular weight excluding hydrogens is 236 g/mol. The van der Waals surface area contributed by atoms with Gasteiger partial charge in [-0.2, -0.15) is 0 Å². The highest BCUT2D eigenvalue weighted by molar-refractivity contribution is 5.24. The van der Waals surface area contributed by atoms with E-state index in [4.69, 9.17) is 0 Å². The summed E-state index contributed by atoms with van der Waals surface area (Å²) < 4.78 is 0. The van der Waals surface area contributed by atoms with Gasteiger partial charge >= 0.3 is 0 Å². The lowest BCUT2D eigenvalue weighted by Crippen LogP contribution is -2.31. The number of likely N-dealkylation sites (tertiary alicyclic amines) is 1. The fraction of sp³-hybridized carbons (Fsp3) is 0.625. The Kier molecular flexibility index (Phi) is 5.83. The van der Waals surface area contributed by atoms with Gasteiger partial charge in [0, 0.05) is 13.1 Å². The summed E-state index contributed by atoms with van der Waals surface area (Å²) in [5.74, 6) is 0. The number of nitrogens with zero attached hydrogens (tertiary/aromatic N) is 1. The molecule has 2 N–H and O–H groups in total. The highest BCUT2D eigenvalue weighted by Crippen LogP contribution is 2.14. The average molecular weight is 262 g/mol. The fourth-order valence-corrected chi connectivity index (χ4v) is 2.69. The van der Waals surface area contributed by atoms with Crippen LogP contribution >= 0.6 is 0 Å². The van der Waals surface area contributed by atoms with Crippen LogP contribution in [-0.2, 0) is 6.42 Å². The van der Waals surface area contributed by atoms with Gasteiger partial charge in [-0.05, 0) is 50.5 Å². The molecular formula is C16H26N2O. The lowest BCUT2D eigenvalue weighted by molar-refractivity contribution is 0.178. The number of rotatable bonds is 6. The normalized spacial score (nSPS) is 18.4. The predicted octanol–water partition coefficient (Wildman–Crippen LogP) is 1.97. The molecule has 1 fully saturated rings. The van der Waals surface area contributed by atoms with Crippen LogP contribution in [0.4, 0.5) is 0 Å². The van der Waals surface area contributed by atoms with E-state index in [0.717, 1.165) is 12.0 Å². The molecule has 1 saturated heterocycles. The third-order valence-corrected chi connectivity index (χ3v) is 3.93. The molecule has 1 atom stereocenters. The maximum Gasteiger partial charge on any atom is 0.0914 e. The number of hydrogen-bond acceptors (Lipinski definition) is 3. The van der Waals surface area contributed by atoms with Crippen LogP contribution in [0.5, 0.6) is 0 Å². The van der Waals surface area contributed by atoms with Crippen LogP contribution in [0.15, 0.2) is 24.3 Å². The van der Waals surface area contributed by atoms with Crippen LogP contribution in [0.3, 0.4) is 0 Å². The van der Waals surface area contributed by atoms with Crippen LogP contribution in [0, 0.1) is 0 Å². The Balaban J connectivity index is 1.81. The first kappa shape index (κ1) is 14.5. The molecule has 0 amide bonds. The number of piperidine rings is 1. The van der Waals surface area contributed by atoms with Crippen LogP contribution in [0.25, 0.3) is 0 Å². The molecule has 1 aromatic rings. The van der Waals surface area contributed by atoms with Crippen molar-refractivity contribution in [1.29, 1.82) is 0 Å². The smallest absolute Gasteiger partial charge is 0.0914 e. The van der Waals surface area contributed by atoms with Crippen molar-refractivity contribution in [1.82, 2.24) is 10.2 Å². The summed E-state index contributed by atoms with van der Waals surface area (Å²) in [6.07, 6.45) is 4.82. The van der Waals surface area contributed by atoms with Gasteiger partial charge in [-0.3, -0.25) is 0 Å². The van der Waals surface area contributed by atoms with Gasteiger partial charge < -0.3 is 15.3 Å². The van der Waals surface area contributed by atoms with Gasteiger partial charge in [0.1, 0.15) is 0 Å². The molecule has 19 heavy (non-hydrogen) atoms. The van der Waals surface area contributed by atoms with E-state index >= 15 is 0 Å². The minimum Gasteiger partial charge on any atom is -0.387 e. The number of aliphatic hydroxyl groups is 1. The molecule has 0 aliphatic carbocycles. The van der Waals surface area contributed by atoms with E-state index in [2.05, 4.69) is 22.3 Å². The summed E-state index contributed by atoms with van der Waals surface area (Å²) in [5, 5.41) is 12.9. The van der Waals surface area contributed by atoms with Gasteiger partial charge in [0.05, 0.1) is 6.10 Å². The molecule has 2 rings (SSSR count). The van der Waals surface area contributed by atoms with E-state index in [1.165, 1.54) is 44.5 Å². The van der Waals surface area contributed by atoms with Gasteiger partial charge in [0.2, 0.25) is 0 Å². The first-order valence-electron chi connectivity index (χ1n) is 7.43. The quantitative estimate of drug-likeness (QED) is 0.823. The van der Waals surface area contributed by atoms with Crippen molar-refractivity contribution in [2.75, 3.05) is 33.2 Å². The molecule has 1 aliphatic heterocycles. The maximum atomic E-state index is 9.87. The first-order valence-corrected chi connectivity index (χ1v) is 7.43. The highest BCUT2D eigenvalue weighted by atomic mass is 16.3. The van der Waals surface area contributed by atoms with Crippen LogP contribution in [0.1, 0.15) is 36.5 Å². The zero-order valence-corrected chi connectivity index (χ0v) is 11.9. The maximum absolute atomic E-state index is 9.87. The molecule has 1 aromatic carbocycles. The topological polar surface area (TPSA) is 35.5 Å². The Morgan fingerprint density at radius 1 is 1.16 bits per heavy atom. The van der Waals surface area contributed by atoms with Gasteiger partial charge in [-0.1, -0.05) is 30.7 Å². The van der Waals surface area contributed by atoms with E-state index < -0.39 is 6.10 Å². The van der Waals surface area contributed by atoms with Crippen molar-refractivity contribution in [3.63, 3.8) is 0 Å². The summed E-state index contributed by atoms with van der Waals surface area (Å²) in [6, 6.07) is 8.40. The number of hydrogen-bond donors (Lipinski definition) is 2. The van der Waals surface area contributed by atoms with Gasteiger partial charge in [-0.25, -0.2) is 0 Å². The lowest BCUT2D eigenvalue weighted by atomic mass is 10.0. The molecule has 106 valence electrons. The molecule has 0 bridgehead atoms. The summed E-state index contributed by atoms with van der Waals surface area (Å²) in [7, 11) is 1.86. The molecule has 3 nitrogen and oxygen atoms in total. The third kappa shape index (κ3) is 4.60. The molecule has 0 spiro atoms. The Labute approximate surface area is 116 Å². The number of aliphatic hydroxyl groups excluding tert-OH is 1. The lowest BCUT2D eigenvalue weighted by Gasteiger charge is -2.26. The van der Waals surface area contributed by atoms with E-state index in [1.807, 2.05) is 19.2 Å². The van der Waals surface area contributed by atoms with Crippen molar-refractivity contribution in [3.8, 4) is 0 Å². The molecule has 1 heterocycles. The minimum atomic E-state index is -0.402.